The number of rotatable bonds is 8. The van der Waals surface area contributed by atoms with Gasteiger partial charge in [0.2, 0.25) is 15.9 Å². The van der Waals surface area contributed by atoms with E-state index in [4.69, 9.17) is 4.52 Å². The van der Waals surface area contributed by atoms with Crippen molar-refractivity contribution in [2.75, 3.05) is 13.1 Å². The lowest BCUT2D eigenvalue weighted by Crippen LogP contribution is -2.26. The average molecular weight is 310 g/mol. The molecule has 0 saturated heterocycles. The van der Waals surface area contributed by atoms with Crippen molar-refractivity contribution in [1.82, 2.24) is 20.2 Å². The summed E-state index contributed by atoms with van der Waals surface area (Å²) in [5, 5.41) is 6.64. The topological polar surface area (TPSA) is 97.1 Å². The van der Waals surface area contributed by atoms with Gasteiger partial charge in [-0.2, -0.15) is 4.98 Å². The predicted octanol–water partition coefficient (Wildman–Crippen LogP) is 0.700. The van der Waals surface area contributed by atoms with Crippen molar-refractivity contribution in [1.29, 1.82) is 0 Å². The molecule has 0 spiro atoms. The Morgan fingerprint density at radius 2 is 2.00 bits per heavy atom. The molecular formula is C13H18N4O3S. The maximum atomic E-state index is 12.1. The van der Waals surface area contributed by atoms with Crippen LogP contribution in [0, 0.1) is 0 Å². The van der Waals surface area contributed by atoms with Gasteiger partial charge in [0.1, 0.15) is 0 Å². The van der Waals surface area contributed by atoms with Crippen molar-refractivity contribution in [2.45, 2.75) is 24.8 Å². The highest BCUT2D eigenvalue weighted by Gasteiger charge is 2.13. The Balaban J connectivity index is 1.92. The largest absolute Gasteiger partial charge is 0.340 e. The molecule has 2 N–H and O–H groups in total. The lowest BCUT2D eigenvalue weighted by atomic mass is 10.2. The third-order valence-corrected chi connectivity index (χ3v) is 4.33. The highest BCUT2D eigenvalue weighted by atomic mass is 32.2. The fraction of sp³-hybridized carbons (Fsp3) is 0.385. The molecule has 21 heavy (non-hydrogen) atoms. The van der Waals surface area contributed by atoms with Gasteiger partial charge in [0.15, 0.2) is 6.33 Å². The van der Waals surface area contributed by atoms with E-state index in [9.17, 15) is 8.42 Å². The number of hydrogen-bond donors (Lipinski definition) is 2. The number of benzene rings is 1. The highest BCUT2D eigenvalue weighted by Crippen LogP contribution is 2.10. The first-order valence-corrected chi connectivity index (χ1v) is 8.15. The van der Waals surface area contributed by atoms with Crippen LogP contribution in [0.4, 0.5) is 0 Å². The van der Waals surface area contributed by atoms with E-state index in [1.807, 2.05) is 6.92 Å². The van der Waals surface area contributed by atoms with E-state index in [0.717, 1.165) is 18.7 Å². The number of hydrogen-bond acceptors (Lipinski definition) is 6. The molecule has 0 aliphatic rings. The molecule has 0 bridgehead atoms. The van der Waals surface area contributed by atoms with Crippen molar-refractivity contribution >= 4 is 10.0 Å². The molecule has 7 nitrogen and oxygen atoms in total. The Kier molecular flexibility index (Phi) is 5.43. The van der Waals surface area contributed by atoms with E-state index in [2.05, 4.69) is 20.2 Å². The van der Waals surface area contributed by atoms with Crippen LogP contribution >= 0.6 is 0 Å². The Labute approximate surface area is 123 Å². The Morgan fingerprint density at radius 3 is 2.62 bits per heavy atom. The van der Waals surface area contributed by atoms with Crippen LogP contribution in [0.3, 0.4) is 0 Å². The molecule has 8 heteroatoms. The van der Waals surface area contributed by atoms with Crippen molar-refractivity contribution < 1.29 is 12.9 Å². The van der Waals surface area contributed by atoms with E-state index >= 15 is 0 Å². The van der Waals surface area contributed by atoms with E-state index in [0.29, 0.717) is 12.3 Å². The third kappa shape index (κ3) is 4.62. The second-order valence-corrected chi connectivity index (χ2v) is 6.17. The van der Waals surface area contributed by atoms with Gasteiger partial charge in [-0.1, -0.05) is 24.2 Å². The molecule has 1 aromatic heterocycles. The summed E-state index contributed by atoms with van der Waals surface area (Å²) in [6, 6.07) is 6.80. The van der Waals surface area contributed by atoms with Gasteiger partial charge in [-0.15, -0.1) is 0 Å². The fourth-order valence-electron chi connectivity index (χ4n) is 1.74. The third-order valence-electron chi connectivity index (χ3n) is 2.85. The van der Waals surface area contributed by atoms with Crippen molar-refractivity contribution in [2.24, 2.45) is 0 Å². The molecular weight excluding hydrogens is 292 g/mol. The van der Waals surface area contributed by atoms with Gasteiger partial charge in [-0.05, 0) is 24.2 Å². The molecule has 0 unspecified atom stereocenters. The van der Waals surface area contributed by atoms with Crippen molar-refractivity contribution in [3.8, 4) is 0 Å². The van der Waals surface area contributed by atoms with Crippen LogP contribution in [0.15, 0.2) is 40.0 Å². The summed E-state index contributed by atoms with van der Waals surface area (Å²) in [5.74, 6) is 0.402. The van der Waals surface area contributed by atoms with E-state index < -0.39 is 10.0 Å². The van der Waals surface area contributed by atoms with Gasteiger partial charge in [-0.25, -0.2) is 13.1 Å². The zero-order valence-corrected chi connectivity index (χ0v) is 12.6. The van der Waals surface area contributed by atoms with Gasteiger partial charge in [0.25, 0.3) is 0 Å². The van der Waals surface area contributed by atoms with Gasteiger partial charge in [0.05, 0.1) is 4.90 Å². The van der Waals surface area contributed by atoms with Crippen LogP contribution in [0.5, 0.6) is 0 Å². The summed E-state index contributed by atoms with van der Waals surface area (Å²) in [4.78, 5) is 4.07. The fourth-order valence-corrected chi connectivity index (χ4v) is 2.77. The standard InChI is InChI=1S/C13H18N4O3S/c1-2-14-9-11-3-5-12(6-4-11)21(18,19)17-8-7-13-15-10-16-20-13/h3-6,10,14,17H,2,7-9H2,1H3. The summed E-state index contributed by atoms with van der Waals surface area (Å²) in [6.07, 6.45) is 1.64. The number of aromatic nitrogens is 2. The number of sulfonamides is 1. The summed E-state index contributed by atoms with van der Waals surface area (Å²) in [7, 11) is -3.51. The monoisotopic (exact) mass is 310 g/mol. The molecule has 2 aromatic rings. The van der Waals surface area contributed by atoms with Crippen LogP contribution in [-0.2, 0) is 23.0 Å². The number of nitrogens with zero attached hydrogens (tertiary/aromatic N) is 2. The van der Waals surface area contributed by atoms with Crippen molar-refractivity contribution in [3.63, 3.8) is 0 Å². The quantitative estimate of drug-likeness (QED) is 0.745. The van der Waals surface area contributed by atoms with Gasteiger partial charge in [0, 0.05) is 19.5 Å². The molecule has 2 rings (SSSR count). The summed E-state index contributed by atoms with van der Waals surface area (Å²) in [6.45, 7) is 3.83. The van der Waals surface area contributed by atoms with Crippen LogP contribution in [-0.4, -0.2) is 31.6 Å². The Hall–Kier alpha value is -1.77. The van der Waals surface area contributed by atoms with Crippen LogP contribution in [0.25, 0.3) is 0 Å². The second-order valence-electron chi connectivity index (χ2n) is 4.41. The average Bonchev–Trinajstić information content (AvgIpc) is 2.98. The molecule has 1 heterocycles. The van der Waals surface area contributed by atoms with E-state index in [1.54, 1.807) is 24.3 Å². The summed E-state index contributed by atoms with van der Waals surface area (Å²) < 4.78 is 31.5. The zero-order chi connectivity index (χ0) is 15.1. The molecule has 1 aromatic carbocycles. The van der Waals surface area contributed by atoms with Crippen LogP contribution in [0.2, 0.25) is 0 Å². The SMILES string of the molecule is CCNCc1ccc(S(=O)(=O)NCCc2ncno2)cc1. The first kappa shape index (κ1) is 15.6. The normalized spacial score (nSPS) is 11.7. The Morgan fingerprint density at radius 1 is 1.24 bits per heavy atom. The van der Waals surface area contributed by atoms with Gasteiger partial charge >= 0.3 is 0 Å². The minimum absolute atomic E-state index is 0.212. The first-order valence-electron chi connectivity index (χ1n) is 6.66. The lowest BCUT2D eigenvalue weighted by molar-refractivity contribution is 0.377. The molecule has 0 aliphatic carbocycles. The zero-order valence-electron chi connectivity index (χ0n) is 11.7. The van der Waals surface area contributed by atoms with Crippen LogP contribution in [0.1, 0.15) is 18.4 Å². The second kappa shape index (κ2) is 7.30. The van der Waals surface area contributed by atoms with Crippen LogP contribution < -0.4 is 10.0 Å². The molecule has 0 saturated carbocycles. The molecule has 0 fully saturated rings. The van der Waals surface area contributed by atoms with Crippen molar-refractivity contribution in [3.05, 3.63) is 42.0 Å². The maximum Gasteiger partial charge on any atom is 0.240 e. The minimum atomic E-state index is -3.51. The summed E-state index contributed by atoms with van der Waals surface area (Å²) >= 11 is 0. The van der Waals surface area contributed by atoms with E-state index in [-0.39, 0.29) is 11.4 Å². The van der Waals surface area contributed by atoms with Gasteiger partial charge in [-0.3, -0.25) is 0 Å². The number of nitrogens with one attached hydrogen (secondary N) is 2. The predicted molar refractivity (Wildman–Crippen MR) is 77.0 cm³/mol. The molecule has 0 atom stereocenters. The highest BCUT2D eigenvalue weighted by molar-refractivity contribution is 7.89. The Bertz CT molecular complexity index is 639. The summed E-state index contributed by atoms with van der Waals surface area (Å²) in [5.41, 5.74) is 1.04. The molecule has 0 amide bonds. The molecule has 0 radical (unpaired) electrons. The smallest absolute Gasteiger partial charge is 0.240 e. The van der Waals surface area contributed by atoms with Gasteiger partial charge < -0.3 is 9.84 Å². The van der Waals surface area contributed by atoms with E-state index in [1.165, 1.54) is 6.33 Å². The first-order chi connectivity index (χ1) is 10.1. The molecule has 0 aliphatic heterocycles. The molecule has 114 valence electrons. The maximum absolute atomic E-state index is 12.1. The lowest BCUT2D eigenvalue weighted by Gasteiger charge is -2.07. The minimum Gasteiger partial charge on any atom is -0.340 e.